The number of fused-ring (bicyclic) bond motifs is 2. The van der Waals surface area contributed by atoms with Crippen molar-refractivity contribution in [3.05, 3.63) is 71.2 Å². The fourth-order valence-corrected chi connectivity index (χ4v) is 5.66. The topological polar surface area (TPSA) is 113 Å². The largest absolute Gasteiger partial charge is 0.487 e. The third-order valence-electron chi connectivity index (χ3n) is 7.45. The number of ether oxygens (including phenoxy) is 4. The van der Waals surface area contributed by atoms with Crippen LogP contribution in [0.4, 0.5) is 5.69 Å². The summed E-state index contributed by atoms with van der Waals surface area (Å²) in [4.78, 5) is 10.1. The minimum absolute atomic E-state index is 0. The Hall–Kier alpha value is -3.81. The maximum Gasteiger partial charge on any atom is 0.212 e. The molecule has 4 aromatic rings. The van der Waals surface area contributed by atoms with Gasteiger partial charge in [-0.05, 0) is 30.3 Å². The van der Waals surface area contributed by atoms with Crippen LogP contribution in [0.1, 0.15) is 13.0 Å². The van der Waals surface area contributed by atoms with E-state index >= 15 is 0 Å². The van der Waals surface area contributed by atoms with E-state index in [1.165, 1.54) is 0 Å². The molecule has 206 valence electrons. The van der Waals surface area contributed by atoms with Gasteiger partial charge in [-0.1, -0.05) is 49.4 Å². The summed E-state index contributed by atoms with van der Waals surface area (Å²) in [5.41, 5.74) is 3.87. The van der Waals surface area contributed by atoms with E-state index in [1.807, 2.05) is 54.6 Å². The van der Waals surface area contributed by atoms with E-state index < -0.39 is 24.4 Å². The highest BCUT2D eigenvalue weighted by Gasteiger charge is 2.48. The monoisotopic (exact) mass is 560 g/mol. The molecule has 0 aliphatic carbocycles. The van der Waals surface area contributed by atoms with Gasteiger partial charge < -0.3 is 33.9 Å². The van der Waals surface area contributed by atoms with Gasteiger partial charge in [0.2, 0.25) is 5.88 Å². The molecule has 3 aliphatic rings. The number of anilines is 1. The Morgan fingerprint density at radius 2 is 1.77 bits per heavy atom. The number of halogens is 1. The van der Waals surface area contributed by atoms with Gasteiger partial charge in [-0.2, -0.15) is 5.26 Å². The van der Waals surface area contributed by atoms with Crippen LogP contribution in [0.5, 0.6) is 11.6 Å². The van der Waals surface area contributed by atoms with Crippen molar-refractivity contribution in [1.82, 2.24) is 9.97 Å². The lowest BCUT2D eigenvalue weighted by Gasteiger charge is -2.40. The first-order valence-electron chi connectivity index (χ1n) is 12.8. The summed E-state index contributed by atoms with van der Waals surface area (Å²) in [7, 11) is 0. The smallest absolute Gasteiger partial charge is 0.212 e. The molecular formula is C30H29ClN4O5. The van der Waals surface area contributed by atoms with Crippen LogP contribution in [0.15, 0.2) is 60.7 Å². The predicted molar refractivity (Wildman–Crippen MR) is 151 cm³/mol. The van der Waals surface area contributed by atoms with E-state index in [0.717, 1.165) is 30.1 Å². The van der Waals surface area contributed by atoms with E-state index in [1.54, 1.807) is 6.07 Å². The zero-order valence-corrected chi connectivity index (χ0v) is 21.5. The summed E-state index contributed by atoms with van der Waals surface area (Å²) in [6, 6.07) is 21.9. The molecule has 0 amide bonds. The number of nitrogens with zero attached hydrogens (tertiary/aromatic N) is 3. The summed E-state index contributed by atoms with van der Waals surface area (Å²) in [6.07, 6.45) is -1.79. The van der Waals surface area contributed by atoms with Gasteiger partial charge in [-0.25, -0.2) is 4.98 Å². The van der Waals surface area contributed by atoms with Gasteiger partial charge in [0.25, 0.3) is 0 Å². The van der Waals surface area contributed by atoms with Crippen LogP contribution < -0.4 is 14.4 Å². The highest BCUT2D eigenvalue weighted by Crippen LogP contribution is 2.37. The van der Waals surface area contributed by atoms with Crippen LogP contribution >= 0.6 is 11.6 Å². The summed E-state index contributed by atoms with van der Waals surface area (Å²) in [5.74, 6) is 1.17. The van der Waals surface area contributed by atoms with Crippen molar-refractivity contribution >= 4 is 28.3 Å². The molecular weight excluding hydrogens is 532 g/mol. The fraction of sp³-hybridized carbons (Fsp3) is 0.333. The molecule has 9 nitrogen and oxygen atoms in total. The number of nitrogens with one attached hydrogen (secondary N) is 1. The summed E-state index contributed by atoms with van der Waals surface area (Å²) < 4.78 is 23.4. The second-order valence-electron chi connectivity index (χ2n) is 9.98. The summed E-state index contributed by atoms with van der Waals surface area (Å²) in [6.45, 7) is 2.09. The standard InChI is InChI=1S/C29H25ClN4O5.CH4/c30-21-10-22-26(20(11-31)29(32-22)39-24-15-37-27-23(35)14-36-28(24)27)33-25(21)16-6-8-17(9-7-16)34-12-19(13-34)38-18-4-2-1-3-5-18;/h1-10,19,23-24,27-28,32,35H,12-15H2;1H4. The number of benzene rings is 2. The fourth-order valence-electron chi connectivity index (χ4n) is 5.40. The Morgan fingerprint density at radius 1 is 1.02 bits per heavy atom. The van der Waals surface area contributed by atoms with Crippen molar-refractivity contribution in [2.45, 2.75) is 37.9 Å². The Bertz CT molecular complexity index is 1550. The van der Waals surface area contributed by atoms with Gasteiger partial charge in [-0.15, -0.1) is 0 Å². The minimum atomic E-state index is -0.679. The number of aliphatic hydroxyl groups is 1. The van der Waals surface area contributed by atoms with Gasteiger partial charge in [0.15, 0.2) is 6.10 Å². The molecule has 3 aliphatic heterocycles. The van der Waals surface area contributed by atoms with E-state index in [2.05, 4.69) is 16.0 Å². The molecule has 2 aromatic heterocycles. The third-order valence-corrected chi connectivity index (χ3v) is 7.74. The third kappa shape index (κ3) is 4.63. The normalized spacial score (nSPS) is 23.8. The van der Waals surface area contributed by atoms with Crippen molar-refractivity contribution in [3.63, 3.8) is 0 Å². The maximum absolute atomic E-state index is 10.00. The van der Waals surface area contributed by atoms with Crippen LogP contribution in [0, 0.1) is 11.3 Å². The molecule has 3 saturated heterocycles. The number of aliphatic hydroxyl groups excluding tert-OH is 1. The van der Waals surface area contributed by atoms with Crippen molar-refractivity contribution < 1.29 is 24.1 Å². The van der Waals surface area contributed by atoms with Crippen molar-refractivity contribution in [1.29, 1.82) is 5.26 Å². The number of pyridine rings is 1. The molecule has 4 unspecified atom stereocenters. The number of hydrogen-bond donors (Lipinski definition) is 2. The highest BCUT2D eigenvalue weighted by atomic mass is 35.5. The Balaban J connectivity index is 0.00000289. The Kier molecular flexibility index (Phi) is 7.02. The minimum Gasteiger partial charge on any atom is -0.487 e. The lowest BCUT2D eigenvalue weighted by atomic mass is 10.1. The van der Waals surface area contributed by atoms with Crippen LogP contribution in [0.2, 0.25) is 5.02 Å². The number of aromatic amines is 1. The van der Waals surface area contributed by atoms with Gasteiger partial charge in [0, 0.05) is 11.3 Å². The van der Waals surface area contributed by atoms with Gasteiger partial charge in [0.1, 0.15) is 47.3 Å². The molecule has 0 saturated carbocycles. The van der Waals surface area contributed by atoms with Gasteiger partial charge >= 0.3 is 0 Å². The zero-order valence-electron chi connectivity index (χ0n) is 20.8. The van der Waals surface area contributed by atoms with Crippen LogP contribution in [-0.4, -0.2) is 71.9 Å². The van der Waals surface area contributed by atoms with Gasteiger partial charge in [-0.3, -0.25) is 0 Å². The van der Waals surface area contributed by atoms with E-state index in [9.17, 15) is 10.4 Å². The molecule has 0 radical (unpaired) electrons. The molecule has 0 bridgehead atoms. The van der Waals surface area contributed by atoms with Gasteiger partial charge in [0.05, 0.1) is 42.5 Å². The lowest BCUT2D eigenvalue weighted by Crippen LogP contribution is -2.54. The molecule has 2 N–H and O–H groups in total. The number of para-hydroxylation sites is 1. The molecule has 10 heteroatoms. The molecule has 7 rings (SSSR count). The van der Waals surface area contributed by atoms with Crippen molar-refractivity contribution in [3.8, 4) is 29.0 Å². The second-order valence-corrected chi connectivity index (χ2v) is 10.4. The summed E-state index contributed by atoms with van der Waals surface area (Å²) in [5, 5.41) is 20.4. The second kappa shape index (κ2) is 10.6. The number of aromatic nitrogens is 2. The first-order chi connectivity index (χ1) is 19.1. The SMILES string of the molecule is C.N#Cc1c(OC2COC3C(O)COC23)[nH]c2cc(Cl)c(-c3ccc(N4CC(Oc5ccccc5)C4)cc3)nc12. The highest BCUT2D eigenvalue weighted by molar-refractivity contribution is 6.33. The van der Waals surface area contributed by atoms with Crippen LogP contribution in [-0.2, 0) is 9.47 Å². The number of hydrogen-bond acceptors (Lipinski definition) is 8. The lowest BCUT2D eigenvalue weighted by molar-refractivity contribution is 0.00789. The maximum atomic E-state index is 10.00. The first-order valence-corrected chi connectivity index (χ1v) is 13.2. The number of rotatable bonds is 6. The first kappa shape index (κ1) is 26.4. The molecule has 4 atom stereocenters. The molecule has 2 aromatic carbocycles. The average molecular weight is 561 g/mol. The average Bonchev–Trinajstić information content (AvgIpc) is 3.61. The zero-order chi connectivity index (χ0) is 26.5. The van der Waals surface area contributed by atoms with Crippen LogP contribution in [0.3, 0.4) is 0 Å². The van der Waals surface area contributed by atoms with E-state index in [4.69, 9.17) is 35.5 Å². The molecule has 3 fully saturated rings. The number of nitriles is 1. The Morgan fingerprint density at radius 3 is 2.52 bits per heavy atom. The van der Waals surface area contributed by atoms with E-state index in [-0.39, 0.29) is 38.2 Å². The molecule has 0 spiro atoms. The van der Waals surface area contributed by atoms with Crippen molar-refractivity contribution in [2.24, 2.45) is 0 Å². The molecule has 40 heavy (non-hydrogen) atoms. The number of H-pyrrole nitrogens is 1. The van der Waals surface area contributed by atoms with Crippen molar-refractivity contribution in [2.75, 3.05) is 31.2 Å². The summed E-state index contributed by atoms with van der Waals surface area (Å²) >= 11 is 6.64. The molecule has 5 heterocycles. The van der Waals surface area contributed by atoms with Crippen LogP contribution in [0.25, 0.3) is 22.3 Å². The quantitative estimate of drug-likeness (QED) is 0.353. The predicted octanol–water partition coefficient (Wildman–Crippen LogP) is 4.56. The van der Waals surface area contributed by atoms with E-state index in [0.29, 0.717) is 21.7 Å². The Labute approximate surface area is 236 Å².